The van der Waals surface area contributed by atoms with Gasteiger partial charge in [0.15, 0.2) is 17.3 Å². The molecule has 0 N–H and O–H groups in total. The SMILES string of the molecule is CCOc1ccccc1[C@H]1[C@H](C(=O)c2ccccc2)N2c3ccccc3C=C[C@H]2C12C(=O)c1ccccc1C2=O. The number of para-hydroxylation sites is 2. The average molecular weight is 526 g/mol. The zero-order valence-electron chi connectivity index (χ0n) is 22.0. The fourth-order valence-electron chi connectivity index (χ4n) is 7.06. The maximum atomic E-state index is 14.7. The van der Waals surface area contributed by atoms with Crippen molar-refractivity contribution in [2.45, 2.75) is 24.9 Å². The van der Waals surface area contributed by atoms with Crippen molar-refractivity contribution in [2.75, 3.05) is 11.5 Å². The summed E-state index contributed by atoms with van der Waals surface area (Å²) < 4.78 is 6.09. The largest absolute Gasteiger partial charge is 0.494 e. The van der Waals surface area contributed by atoms with E-state index in [9.17, 15) is 14.4 Å². The summed E-state index contributed by atoms with van der Waals surface area (Å²) in [5, 5.41) is 0. The Labute approximate surface area is 232 Å². The number of carbonyl (C=O) groups excluding carboxylic acids is 3. The Morgan fingerprint density at radius 1 is 0.800 bits per heavy atom. The molecule has 1 saturated heterocycles. The molecule has 0 saturated carbocycles. The number of benzene rings is 4. The first-order valence-corrected chi connectivity index (χ1v) is 13.6. The highest BCUT2D eigenvalue weighted by Crippen LogP contribution is 2.61. The lowest BCUT2D eigenvalue weighted by Crippen LogP contribution is -2.48. The van der Waals surface area contributed by atoms with Crippen molar-refractivity contribution < 1.29 is 19.1 Å². The first-order valence-electron chi connectivity index (χ1n) is 13.6. The predicted molar refractivity (Wildman–Crippen MR) is 154 cm³/mol. The van der Waals surface area contributed by atoms with Gasteiger partial charge in [-0.3, -0.25) is 14.4 Å². The van der Waals surface area contributed by atoms with Gasteiger partial charge >= 0.3 is 0 Å². The molecule has 1 aliphatic carbocycles. The molecule has 0 unspecified atom stereocenters. The van der Waals surface area contributed by atoms with Crippen molar-refractivity contribution in [2.24, 2.45) is 5.41 Å². The maximum Gasteiger partial charge on any atom is 0.185 e. The van der Waals surface area contributed by atoms with Crippen molar-refractivity contribution >= 4 is 29.1 Å². The minimum Gasteiger partial charge on any atom is -0.494 e. The van der Waals surface area contributed by atoms with Gasteiger partial charge in [-0.2, -0.15) is 0 Å². The Morgan fingerprint density at radius 2 is 1.43 bits per heavy atom. The van der Waals surface area contributed by atoms with Crippen LogP contribution in [0, 0.1) is 5.41 Å². The van der Waals surface area contributed by atoms with Crippen LogP contribution in [0.4, 0.5) is 5.69 Å². The number of anilines is 1. The normalized spacial score (nSPS) is 21.7. The zero-order chi connectivity index (χ0) is 27.4. The van der Waals surface area contributed by atoms with Crippen molar-refractivity contribution in [1.29, 1.82) is 0 Å². The van der Waals surface area contributed by atoms with Gasteiger partial charge in [0, 0.05) is 33.9 Å². The minimum absolute atomic E-state index is 0.138. The van der Waals surface area contributed by atoms with Gasteiger partial charge in [0.1, 0.15) is 17.2 Å². The standard InChI is InChI=1S/C35H27NO4/c1-2-40-28-19-11-9-17-26(28)30-31(32(37)23-13-4-3-5-14-23)36-27-18-10-6-12-22(27)20-21-29(36)35(30)33(38)24-15-7-8-16-25(24)34(35)39/h3-21,29-31H,2H2,1H3/t29-,30-,31+/m0/s1. The number of hydrogen-bond donors (Lipinski definition) is 0. The molecule has 5 nitrogen and oxygen atoms in total. The molecule has 3 aliphatic rings. The van der Waals surface area contributed by atoms with Gasteiger partial charge in [0.25, 0.3) is 0 Å². The molecule has 4 aromatic carbocycles. The lowest BCUT2D eigenvalue weighted by atomic mass is 9.64. The molecule has 2 aliphatic heterocycles. The summed E-state index contributed by atoms with van der Waals surface area (Å²) in [7, 11) is 0. The predicted octanol–water partition coefficient (Wildman–Crippen LogP) is 6.40. The summed E-state index contributed by atoms with van der Waals surface area (Å²) in [6, 6.07) is 30.1. The second-order valence-electron chi connectivity index (χ2n) is 10.5. The summed E-state index contributed by atoms with van der Waals surface area (Å²) in [6.07, 6.45) is 3.92. The first-order chi connectivity index (χ1) is 19.6. The van der Waals surface area contributed by atoms with Crippen LogP contribution < -0.4 is 9.64 Å². The van der Waals surface area contributed by atoms with Crippen molar-refractivity contribution in [1.82, 2.24) is 0 Å². The van der Waals surface area contributed by atoms with E-state index >= 15 is 0 Å². The van der Waals surface area contributed by atoms with Crippen molar-refractivity contribution in [3.8, 4) is 5.75 Å². The van der Waals surface area contributed by atoms with Gasteiger partial charge in [-0.15, -0.1) is 0 Å². The number of carbonyl (C=O) groups is 3. The quantitative estimate of drug-likeness (QED) is 0.223. The van der Waals surface area contributed by atoms with E-state index in [1.54, 1.807) is 36.4 Å². The Bertz CT molecular complexity index is 1670. The summed E-state index contributed by atoms with van der Waals surface area (Å²) in [5.74, 6) is -0.843. The fourth-order valence-corrected chi connectivity index (χ4v) is 7.06. The summed E-state index contributed by atoms with van der Waals surface area (Å²) in [6.45, 7) is 2.31. The highest BCUT2D eigenvalue weighted by molar-refractivity contribution is 6.32. The molecule has 2 heterocycles. The van der Waals surface area contributed by atoms with Crippen LogP contribution in [-0.2, 0) is 0 Å². The molecule has 0 bridgehead atoms. The Kier molecular flexibility index (Phi) is 5.56. The van der Waals surface area contributed by atoms with Crippen LogP contribution in [0.1, 0.15) is 55.0 Å². The molecule has 3 atom stereocenters. The monoisotopic (exact) mass is 525 g/mol. The molecule has 0 radical (unpaired) electrons. The third-order valence-corrected chi connectivity index (χ3v) is 8.59. The molecule has 196 valence electrons. The van der Waals surface area contributed by atoms with Gasteiger partial charge in [0.2, 0.25) is 0 Å². The van der Waals surface area contributed by atoms with Crippen LogP contribution in [-0.4, -0.2) is 36.0 Å². The third kappa shape index (κ3) is 3.18. The van der Waals surface area contributed by atoms with Gasteiger partial charge in [-0.05, 0) is 24.6 Å². The van der Waals surface area contributed by atoms with E-state index in [0.717, 1.165) is 11.3 Å². The molecular weight excluding hydrogens is 498 g/mol. The first kappa shape index (κ1) is 24.3. The molecule has 4 aromatic rings. The summed E-state index contributed by atoms with van der Waals surface area (Å²) in [4.78, 5) is 46.1. The second kappa shape index (κ2) is 9.16. The van der Waals surface area contributed by atoms with Crippen LogP contribution in [0.15, 0.2) is 109 Å². The second-order valence-corrected chi connectivity index (χ2v) is 10.5. The van der Waals surface area contributed by atoms with E-state index in [1.807, 2.05) is 90.7 Å². The summed E-state index contributed by atoms with van der Waals surface area (Å²) in [5.41, 5.74) is 2.26. The van der Waals surface area contributed by atoms with Gasteiger partial charge in [0.05, 0.1) is 12.6 Å². The average Bonchev–Trinajstić information content (AvgIpc) is 3.44. The van der Waals surface area contributed by atoms with E-state index in [0.29, 0.717) is 34.6 Å². The Balaban J connectivity index is 1.57. The molecule has 0 amide bonds. The van der Waals surface area contributed by atoms with Crippen LogP contribution in [0.2, 0.25) is 0 Å². The number of nitrogens with zero attached hydrogens (tertiary/aromatic N) is 1. The summed E-state index contributed by atoms with van der Waals surface area (Å²) >= 11 is 0. The number of ketones is 3. The third-order valence-electron chi connectivity index (χ3n) is 8.59. The number of rotatable bonds is 5. The topological polar surface area (TPSA) is 63.7 Å². The van der Waals surface area contributed by atoms with E-state index in [4.69, 9.17) is 4.74 Å². The molecule has 5 heteroatoms. The van der Waals surface area contributed by atoms with Crippen molar-refractivity contribution in [3.63, 3.8) is 0 Å². The molecular formula is C35H27NO4. The molecule has 40 heavy (non-hydrogen) atoms. The lowest BCUT2D eigenvalue weighted by molar-refractivity contribution is 0.0664. The van der Waals surface area contributed by atoms with Crippen molar-refractivity contribution in [3.05, 3.63) is 137 Å². The lowest BCUT2D eigenvalue weighted by Gasteiger charge is -2.37. The minimum atomic E-state index is -1.55. The molecule has 1 spiro atoms. The number of hydrogen-bond acceptors (Lipinski definition) is 5. The maximum absolute atomic E-state index is 14.7. The van der Waals surface area contributed by atoms with Gasteiger partial charge in [-0.1, -0.05) is 103 Å². The highest BCUT2D eigenvalue weighted by atomic mass is 16.5. The zero-order valence-corrected chi connectivity index (χ0v) is 22.0. The van der Waals surface area contributed by atoms with Gasteiger partial charge < -0.3 is 9.64 Å². The number of fused-ring (bicyclic) bond motifs is 5. The van der Waals surface area contributed by atoms with Crippen LogP contribution in [0.25, 0.3) is 6.08 Å². The van der Waals surface area contributed by atoms with E-state index < -0.39 is 23.4 Å². The molecule has 0 aromatic heterocycles. The van der Waals surface area contributed by atoms with E-state index in [1.165, 1.54) is 0 Å². The van der Waals surface area contributed by atoms with E-state index in [2.05, 4.69) is 0 Å². The van der Waals surface area contributed by atoms with Crippen LogP contribution in [0.5, 0.6) is 5.75 Å². The molecule has 7 rings (SSSR count). The fraction of sp³-hybridized carbons (Fsp3) is 0.171. The number of ether oxygens (including phenoxy) is 1. The molecule has 1 fully saturated rings. The Hall–Kier alpha value is -4.77. The number of Topliss-reactive ketones (excluding diaryl/α,β-unsaturated/α-hetero) is 3. The van der Waals surface area contributed by atoms with Gasteiger partial charge in [-0.25, -0.2) is 0 Å². The highest BCUT2D eigenvalue weighted by Gasteiger charge is 2.71. The van der Waals surface area contributed by atoms with E-state index in [-0.39, 0.29) is 17.3 Å². The smallest absolute Gasteiger partial charge is 0.185 e. The Morgan fingerprint density at radius 3 is 2.15 bits per heavy atom. The van der Waals surface area contributed by atoms with Crippen LogP contribution >= 0.6 is 0 Å². The van der Waals surface area contributed by atoms with Crippen LogP contribution in [0.3, 0.4) is 0 Å².